The molecule has 162 valence electrons. The SMILES string of the molecule is C=C.C=C.N#Cc1ccc(-c2cccc(CN3CCC4NCCC43)c2C2CC2)cc1F. The van der Waals surface area contributed by atoms with E-state index in [4.69, 9.17) is 5.26 Å². The molecule has 2 aromatic rings. The number of hydrogen-bond donors (Lipinski definition) is 1. The summed E-state index contributed by atoms with van der Waals surface area (Å²) in [6, 6.07) is 14.7. The van der Waals surface area contributed by atoms with Crippen LogP contribution in [0.3, 0.4) is 0 Å². The fourth-order valence-corrected chi connectivity index (χ4v) is 5.00. The second-order valence-electron chi connectivity index (χ2n) is 8.13. The van der Waals surface area contributed by atoms with Crippen LogP contribution in [0.25, 0.3) is 11.1 Å². The Morgan fingerprint density at radius 1 is 1.06 bits per heavy atom. The summed E-state index contributed by atoms with van der Waals surface area (Å²) in [5.74, 6) is 0.163. The van der Waals surface area contributed by atoms with Crippen molar-refractivity contribution in [1.29, 1.82) is 5.26 Å². The van der Waals surface area contributed by atoms with Gasteiger partial charge in [-0.05, 0) is 72.5 Å². The van der Waals surface area contributed by atoms with Crippen LogP contribution in [-0.4, -0.2) is 30.1 Å². The number of nitrogens with zero attached hydrogens (tertiary/aromatic N) is 2. The Labute approximate surface area is 185 Å². The Balaban J connectivity index is 0.000000645. The lowest BCUT2D eigenvalue weighted by Crippen LogP contribution is -2.34. The zero-order chi connectivity index (χ0) is 22.4. The van der Waals surface area contributed by atoms with Gasteiger partial charge in [0.2, 0.25) is 0 Å². The molecule has 2 unspecified atom stereocenters. The zero-order valence-electron chi connectivity index (χ0n) is 18.2. The number of halogens is 1. The first-order valence-electron chi connectivity index (χ1n) is 11.0. The maximum atomic E-state index is 14.2. The minimum atomic E-state index is -0.429. The van der Waals surface area contributed by atoms with Crippen LogP contribution in [-0.2, 0) is 6.54 Å². The van der Waals surface area contributed by atoms with E-state index in [1.807, 2.05) is 12.1 Å². The number of fused-ring (bicyclic) bond motifs is 1. The predicted molar refractivity (Wildman–Crippen MR) is 126 cm³/mol. The van der Waals surface area contributed by atoms with Crippen LogP contribution in [0.2, 0.25) is 0 Å². The standard InChI is InChI=1S/C23H24FN3.2C2H4/c24-20-12-16(6-7-17(20)13-25)19-3-1-2-18(23(19)15-4-5-15)14-27-11-9-21-22(27)8-10-26-21;2*1-2/h1-3,6-7,12,15,21-22,26H,4-5,8-11,14H2;2*1-2H2. The molecular weight excluding hydrogens is 385 g/mol. The highest BCUT2D eigenvalue weighted by Gasteiger charge is 2.38. The number of rotatable bonds is 4. The summed E-state index contributed by atoms with van der Waals surface area (Å²) >= 11 is 0. The van der Waals surface area contributed by atoms with Gasteiger partial charge in [-0.1, -0.05) is 24.3 Å². The summed E-state index contributed by atoms with van der Waals surface area (Å²) in [6.45, 7) is 15.3. The number of likely N-dealkylation sites (tertiary alicyclic amines) is 1. The largest absolute Gasteiger partial charge is 0.312 e. The summed E-state index contributed by atoms with van der Waals surface area (Å²) in [5, 5.41) is 12.6. The Morgan fingerprint density at radius 3 is 2.52 bits per heavy atom. The van der Waals surface area contributed by atoms with Gasteiger partial charge in [-0.15, -0.1) is 26.3 Å². The molecule has 2 aliphatic heterocycles. The quantitative estimate of drug-likeness (QED) is 0.641. The van der Waals surface area contributed by atoms with E-state index in [-0.39, 0.29) is 5.56 Å². The lowest BCUT2D eigenvalue weighted by molar-refractivity contribution is 0.244. The van der Waals surface area contributed by atoms with Crippen LogP contribution in [0.5, 0.6) is 0 Å². The van der Waals surface area contributed by atoms with E-state index in [9.17, 15) is 4.39 Å². The van der Waals surface area contributed by atoms with Gasteiger partial charge in [-0.25, -0.2) is 4.39 Å². The van der Waals surface area contributed by atoms with Gasteiger partial charge in [0.15, 0.2) is 0 Å². The lowest BCUT2D eigenvalue weighted by Gasteiger charge is -2.25. The Hall–Kier alpha value is -2.74. The summed E-state index contributed by atoms with van der Waals surface area (Å²) in [5.41, 5.74) is 4.93. The molecule has 0 radical (unpaired) electrons. The van der Waals surface area contributed by atoms with Crippen molar-refractivity contribution >= 4 is 0 Å². The molecule has 2 atom stereocenters. The first-order chi connectivity index (χ1) is 15.2. The van der Waals surface area contributed by atoms with E-state index in [1.165, 1.54) is 42.9 Å². The second kappa shape index (κ2) is 10.5. The van der Waals surface area contributed by atoms with Crippen molar-refractivity contribution in [2.45, 2.75) is 50.2 Å². The molecule has 5 rings (SSSR count). The summed E-state index contributed by atoms with van der Waals surface area (Å²) < 4.78 is 14.2. The monoisotopic (exact) mass is 417 g/mol. The van der Waals surface area contributed by atoms with Crippen LogP contribution in [0, 0.1) is 17.1 Å². The molecule has 4 heteroatoms. The van der Waals surface area contributed by atoms with Crippen LogP contribution >= 0.6 is 0 Å². The van der Waals surface area contributed by atoms with Gasteiger partial charge in [0.05, 0.1) is 5.56 Å². The number of hydrogen-bond acceptors (Lipinski definition) is 3. The fraction of sp³-hybridized carbons (Fsp3) is 0.370. The average molecular weight is 418 g/mol. The van der Waals surface area contributed by atoms with Crippen LogP contribution in [0.15, 0.2) is 62.7 Å². The molecule has 31 heavy (non-hydrogen) atoms. The molecule has 0 aromatic heterocycles. The maximum Gasteiger partial charge on any atom is 0.141 e. The first-order valence-corrected chi connectivity index (χ1v) is 11.0. The molecule has 3 aliphatic rings. The van der Waals surface area contributed by atoms with Gasteiger partial charge in [0.1, 0.15) is 11.9 Å². The van der Waals surface area contributed by atoms with E-state index in [0.29, 0.717) is 18.0 Å². The van der Waals surface area contributed by atoms with E-state index in [1.54, 1.807) is 6.07 Å². The Morgan fingerprint density at radius 2 is 1.84 bits per heavy atom. The first kappa shape index (κ1) is 22.9. The molecule has 2 aromatic carbocycles. The van der Waals surface area contributed by atoms with Crippen molar-refractivity contribution in [3.8, 4) is 17.2 Å². The van der Waals surface area contributed by atoms with Gasteiger partial charge in [0, 0.05) is 25.2 Å². The molecule has 1 aliphatic carbocycles. The van der Waals surface area contributed by atoms with Crippen molar-refractivity contribution in [2.75, 3.05) is 13.1 Å². The van der Waals surface area contributed by atoms with Gasteiger partial charge in [-0.3, -0.25) is 4.90 Å². The van der Waals surface area contributed by atoms with Crippen molar-refractivity contribution in [3.05, 3.63) is 85.2 Å². The molecule has 2 saturated heterocycles. The zero-order valence-corrected chi connectivity index (χ0v) is 18.2. The normalized spacial score (nSPS) is 21.8. The highest BCUT2D eigenvalue weighted by Crippen LogP contribution is 2.47. The molecule has 0 spiro atoms. The molecule has 3 fully saturated rings. The molecular formula is C27H32FN3. The van der Waals surface area contributed by atoms with E-state index >= 15 is 0 Å². The highest BCUT2D eigenvalue weighted by atomic mass is 19.1. The molecule has 0 bridgehead atoms. The molecule has 2 heterocycles. The topological polar surface area (TPSA) is 39.1 Å². The number of nitriles is 1. The van der Waals surface area contributed by atoms with E-state index in [0.717, 1.165) is 30.8 Å². The minimum absolute atomic E-state index is 0.111. The summed E-state index contributed by atoms with van der Waals surface area (Å²) in [7, 11) is 0. The molecule has 0 amide bonds. The van der Waals surface area contributed by atoms with Gasteiger partial charge >= 0.3 is 0 Å². The Kier molecular flexibility index (Phi) is 7.79. The third kappa shape index (κ3) is 4.79. The maximum absolute atomic E-state index is 14.2. The van der Waals surface area contributed by atoms with Crippen LogP contribution in [0.4, 0.5) is 4.39 Å². The molecule has 1 saturated carbocycles. The summed E-state index contributed by atoms with van der Waals surface area (Å²) in [4.78, 5) is 2.63. The van der Waals surface area contributed by atoms with Crippen molar-refractivity contribution in [3.63, 3.8) is 0 Å². The summed E-state index contributed by atoms with van der Waals surface area (Å²) in [6.07, 6.45) is 4.92. The third-order valence-electron chi connectivity index (χ3n) is 6.46. The minimum Gasteiger partial charge on any atom is -0.312 e. The highest BCUT2D eigenvalue weighted by molar-refractivity contribution is 5.71. The Bertz CT molecular complexity index is 942. The van der Waals surface area contributed by atoms with Gasteiger partial charge < -0.3 is 5.32 Å². The average Bonchev–Trinajstić information content (AvgIpc) is 3.43. The molecule has 1 N–H and O–H groups in total. The van der Waals surface area contributed by atoms with Crippen molar-refractivity contribution < 1.29 is 4.39 Å². The molecule has 3 nitrogen and oxygen atoms in total. The van der Waals surface area contributed by atoms with Crippen LogP contribution < -0.4 is 5.32 Å². The van der Waals surface area contributed by atoms with Gasteiger partial charge in [-0.2, -0.15) is 5.26 Å². The van der Waals surface area contributed by atoms with E-state index < -0.39 is 5.82 Å². The predicted octanol–water partition coefficient (Wildman–Crippen LogP) is 5.78. The van der Waals surface area contributed by atoms with E-state index in [2.05, 4.69) is 54.7 Å². The third-order valence-corrected chi connectivity index (χ3v) is 6.46. The van der Waals surface area contributed by atoms with Gasteiger partial charge in [0.25, 0.3) is 0 Å². The van der Waals surface area contributed by atoms with Crippen molar-refractivity contribution in [2.24, 2.45) is 0 Å². The van der Waals surface area contributed by atoms with Crippen molar-refractivity contribution in [1.82, 2.24) is 10.2 Å². The number of nitrogens with one attached hydrogen (secondary N) is 1. The second-order valence-corrected chi connectivity index (χ2v) is 8.13. The van der Waals surface area contributed by atoms with Crippen LogP contribution in [0.1, 0.15) is 48.3 Å². The smallest absolute Gasteiger partial charge is 0.141 e. The number of benzene rings is 2. The lowest BCUT2D eigenvalue weighted by atomic mass is 9.91. The fourth-order valence-electron chi connectivity index (χ4n) is 5.00.